The molecule has 1 aromatic rings. The summed E-state index contributed by atoms with van der Waals surface area (Å²) in [6.07, 6.45) is 4.25. The molecule has 0 radical (unpaired) electrons. The number of aromatic nitrogens is 2. The minimum atomic E-state index is -0.771. The molecular formula is C11H16N4O3. The average Bonchev–Trinajstić information content (AvgIpc) is 2.89. The van der Waals surface area contributed by atoms with Crippen LogP contribution < -0.4 is 5.32 Å². The lowest BCUT2D eigenvalue weighted by molar-refractivity contribution is -0.143. The number of aliphatic carboxylic acids is 1. The van der Waals surface area contributed by atoms with Gasteiger partial charge in [0.15, 0.2) is 0 Å². The summed E-state index contributed by atoms with van der Waals surface area (Å²) in [4.78, 5) is 31.0. The Morgan fingerprint density at radius 2 is 2.22 bits per heavy atom. The van der Waals surface area contributed by atoms with Gasteiger partial charge in [-0.3, -0.25) is 4.79 Å². The lowest BCUT2D eigenvalue weighted by atomic mass is 9.97. The first-order chi connectivity index (χ1) is 8.66. The second kappa shape index (κ2) is 5.52. The summed E-state index contributed by atoms with van der Waals surface area (Å²) < 4.78 is 0. The summed E-state index contributed by atoms with van der Waals surface area (Å²) in [6.45, 7) is 1.38. The lowest BCUT2D eigenvalue weighted by Crippen LogP contribution is -2.45. The predicted octanol–water partition coefficient (Wildman–Crippen LogP) is 0.416. The molecule has 0 atom stereocenters. The Bertz CT molecular complexity index is 410. The van der Waals surface area contributed by atoms with E-state index < -0.39 is 5.97 Å². The zero-order valence-corrected chi connectivity index (χ0v) is 9.93. The van der Waals surface area contributed by atoms with Gasteiger partial charge in [0.2, 0.25) is 0 Å². The number of hydrogen-bond acceptors (Lipinski definition) is 3. The van der Waals surface area contributed by atoms with Crippen molar-refractivity contribution in [3.63, 3.8) is 0 Å². The maximum atomic E-state index is 11.8. The first-order valence-corrected chi connectivity index (χ1v) is 5.89. The fourth-order valence-electron chi connectivity index (χ4n) is 1.99. The normalized spacial score (nSPS) is 16.6. The number of carboxylic acid groups (broad SMARTS) is 1. The van der Waals surface area contributed by atoms with Gasteiger partial charge in [0.05, 0.1) is 24.5 Å². The van der Waals surface area contributed by atoms with E-state index in [-0.39, 0.29) is 11.9 Å². The Morgan fingerprint density at radius 1 is 1.50 bits per heavy atom. The van der Waals surface area contributed by atoms with E-state index in [9.17, 15) is 9.59 Å². The van der Waals surface area contributed by atoms with Crippen molar-refractivity contribution in [2.75, 3.05) is 13.1 Å². The zero-order valence-electron chi connectivity index (χ0n) is 9.93. The van der Waals surface area contributed by atoms with Crippen molar-refractivity contribution >= 4 is 12.0 Å². The van der Waals surface area contributed by atoms with E-state index in [2.05, 4.69) is 15.3 Å². The highest BCUT2D eigenvalue weighted by Crippen LogP contribution is 2.17. The summed E-state index contributed by atoms with van der Waals surface area (Å²) in [6, 6.07) is -0.159. The van der Waals surface area contributed by atoms with Gasteiger partial charge in [-0.2, -0.15) is 0 Å². The van der Waals surface area contributed by atoms with Crippen LogP contribution in [-0.2, 0) is 11.3 Å². The molecule has 3 N–H and O–H groups in total. The lowest BCUT2D eigenvalue weighted by Gasteiger charge is -2.30. The number of imidazole rings is 1. The molecule has 1 fully saturated rings. The minimum absolute atomic E-state index is 0.159. The quantitative estimate of drug-likeness (QED) is 0.725. The molecule has 7 nitrogen and oxygen atoms in total. The van der Waals surface area contributed by atoms with Crippen LogP contribution in [0.15, 0.2) is 12.5 Å². The second-order valence-electron chi connectivity index (χ2n) is 4.34. The number of H-pyrrole nitrogens is 1. The largest absolute Gasteiger partial charge is 0.481 e. The molecule has 18 heavy (non-hydrogen) atoms. The fraction of sp³-hybridized carbons (Fsp3) is 0.545. The molecule has 0 aliphatic carbocycles. The van der Waals surface area contributed by atoms with Gasteiger partial charge in [0.1, 0.15) is 0 Å². The van der Waals surface area contributed by atoms with Crippen molar-refractivity contribution in [2.24, 2.45) is 5.92 Å². The Morgan fingerprint density at radius 3 is 2.78 bits per heavy atom. The van der Waals surface area contributed by atoms with Crippen LogP contribution in [0.5, 0.6) is 0 Å². The standard InChI is InChI=1S/C11H16N4O3/c16-10(17)8-1-3-15(4-2-8)11(18)13-6-9-5-12-7-14-9/h5,7-8H,1-4,6H2,(H,12,14)(H,13,18)(H,16,17). The third-order valence-corrected chi connectivity index (χ3v) is 3.12. The van der Waals surface area contributed by atoms with E-state index in [0.29, 0.717) is 32.5 Å². The van der Waals surface area contributed by atoms with Crippen LogP contribution in [0.2, 0.25) is 0 Å². The first-order valence-electron chi connectivity index (χ1n) is 5.89. The molecule has 2 amide bonds. The van der Waals surface area contributed by atoms with Gasteiger partial charge in [-0.25, -0.2) is 9.78 Å². The topological polar surface area (TPSA) is 98.3 Å². The van der Waals surface area contributed by atoms with Crippen LogP contribution in [0, 0.1) is 5.92 Å². The van der Waals surface area contributed by atoms with Crippen molar-refractivity contribution in [1.29, 1.82) is 0 Å². The number of urea groups is 1. The summed E-state index contributed by atoms with van der Waals surface area (Å²) >= 11 is 0. The molecule has 0 bridgehead atoms. The second-order valence-corrected chi connectivity index (χ2v) is 4.34. The molecule has 0 saturated carbocycles. The fourth-order valence-corrected chi connectivity index (χ4v) is 1.99. The maximum Gasteiger partial charge on any atom is 0.317 e. The Kier molecular flexibility index (Phi) is 3.81. The first kappa shape index (κ1) is 12.4. The monoisotopic (exact) mass is 252 g/mol. The van der Waals surface area contributed by atoms with E-state index in [0.717, 1.165) is 5.69 Å². The number of rotatable bonds is 3. The molecular weight excluding hydrogens is 236 g/mol. The van der Waals surface area contributed by atoms with Gasteiger partial charge in [0, 0.05) is 19.3 Å². The number of aromatic amines is 1. The van der Waals surface area contributed by atoms with E-state index in [1.165, 1.54) is 0 Å². The van der Waals surface area contributed by atoms with Gasteiger partial charge in [-0.05, 0) is 12.8 Å². The number of nitrogens with one attached hydrogen (secondary N) is 2. The summed E-state index contributed by atoms with van der Waals surface area (Å²) in [5.74, 6) is -1.09. The maximum absolute atomic E-state index is 11.8. The minimum Gasteiger partial charge on any atom is -0.481 e. The van der Waals surface area contributed by atoms with Crippen molar-refractivity contribution in [2.45, 2.75) is 19.4 Å². The SMILES string of the molecule is O=C(O)C1CCN(C(=O)NCc2cnc[nH]2)CC1. The molecule has 1 aliphatic heterocycles. The predicted molar refractivity (Wildman–Crippen MR) is 62.8 cm³/mol. The van der Waals surface area contributed by atoms with Crippen LogP contribution in [0.25, 0.3) is 0 Å². The van der Waals surface area contributed by atoms with Crippen molar-refractivity contribution in [3.05, 3.63) is 18.2 Å². The molecule has 0 unspecified atom stereocenters. The molecule has 0 aromatic carbocycles. The molecule has 1 saturated heterocycles. The Balaban J connectivity index is 1.75. The number of carbonyl (C=O) groups is 2. The number of nitrogens with zero attached hydrogens (tertiary/aromatic N) is 2. The number of amides is 2. The molecule has 2 heterocycles. The summed E-state index contributed by atoms with van der Waals surface area (Å²) in [5.41, 5.74) is 0.837. The number of hydrogen-bond donors (Lipinski definition) is 3. The van der Waals surface area contributed by atoms with Gasteiger partial charge >= 0.3 is 12.0 Å². The number of piperidine rings is 1. The molecule has 7 heteroatoms. The average molecular weight is 252 g/mol. The van der Waals surface area contributed by atoms with Crippen molar-refractivity contribution in [1.82, 2.24) is 20.2 Å². The molecule has 1 aromatic heterocycles. The van der Waals surface area contributed by atoms with E-state index in [4.69, 9.17) is 5.11 Å². The number of carboxylic acids is 1. The van der Waals surface area contributed by atoms with Crippen LogP contribution in [0.1, 0.15) is 18.5 Å². The summed E-state index contributed by atoms with van der Waals surface area (Å²) in [5, 5.41) is 11.6. The van der Waals surface area contributed by atoms with Crippen LogP contribution in [0.4, 0.5) is 4.79 Å². The smallest absolute Gasteiger partial charge is 0.317 e. The van der Waals surface area contributed by atoms with Crippen LogP contribution >= 0.6 is 0 Å². The highest BCUT2D eigenvalue weighted by molar-refractivity contribution is 5.75. The highest BCUT2D eigenvalue weighted by Gasteiger charge is 2.26. The Labute approximate surface area is 104 Å². The molecule has 2 rings (SSSR count). The molecule has 0 spiro atoms. The molecule has 98 valence electrons. The number of carbonyl (C=O) groups excluding carboxylic acids is 1. The Hall–Kier alpha value is -2.05. The van der Waals surface area contributed by atoms with Gasteiger partial charge in [0.25, 0.3) is 0 Å². The third-order valence-electron chi connectivity index (χ3n) is 3.12. The number of likely N-dealkylation sites (tertiary alicyclic amines) is 1. The van der Waals surface area contributed by atoms with Crippen molar-refractivity contribution in [3.8, 4) is 0 Å². The van der Waals surface area contributed by atoms with E-state index >= 15 is 0 Å². The van der Waals surface area contributed by atoms with Crippen LogP contribution in [0.3, 0.4) is 0 Å². The van der Waals surface area contributed by atoms with Crippen molar-refractivity contribution < 1.29 is 14.7 Å². The summed E-state index contributed by atoms with van der Waals surface area (Å²) in [7, 11) is 0. The van der Waals surface area contributed by atoms with Gasteiger partial charge in [-0.15, -0.1) is 0 Å². The highest BCUT2D eigenvalue weighted by atomic mass is 16.4. The van der Waals surface area contributed by atoms with Crippen LogP contribution in [-0.4, -0.2) is 45.1 Å². The van der Waals surface area contributed by atoms with E-state index in [1.807, 2.05) is 0 Å². The van der Waals surface area contributed by atoms with Gasteiger partial charge in [-0.1, -0.05) is 0 Å². The van der Waals surface area contributed by atoms with E-state index in [1.54, 1.807) is 17.4 Å². The zero-order chi connectivity index (χ0) is 13.0. The van der Waals surface area contributed by atoms with Gasteiger partial charge < -0.3 is 20.3 Å². The molecule has 1 aliphatic rings. The third kappa shape index (κ3) is 2.99.